The first kappa shape index (κ1) is 15.1. The molecule has 0 heterocycles. The summed E-state index contributed by atoms with van der Waals surface area (Å²) in [5, 5.41) is 3.81. The topological polar surface area (TPSA) is 29.1 Å². The van der Waals surface area contributed by atoms with Gasteiger partial charge in [0.1, 0.15) is 0 Å². The highest BCUT2D eigenvalue weighted by molar-refractivity contribution is 6.30. The fourth-order valence-electron chi connectivity index (χ4n) is 3.09. The fourth-order valence-corrected chi connectivity index (χ4v) is 3.28. The number of aryl methyl sites for hydroxylation is 1. The summed E-state index contributed by atoms with van der Waals surface area (Å²) in [6.07, 6.45) is 2.83. The number of anilines is 1. The third-order valence-electron chi connectivity index (χ3n) is 4.87. The van der Waals surface area contributed by atoms with E-state index in [1.807, 2.05) is 43.3 Å². The molecule has 0 atom stereocenters. The van der Waals surface area contributed by atoms with Crippen LogP contribution in [-0.4, -0.2) is 5.91 Å². The van der Waals surface area contributed by atoms with Gasteiger partial charge < -0.3 is 5.32 Å². The number of nitrogens with one attached hydrogen (secondary N) is 1. The number of amides is 1. The van der Waals surface area contributed by atoms with Gasteiger partial charge in [-0.1, -0.05) is 42.3 Å². The van der Waals surface area contributed by atoms with Crippen molar-refractivity contribution in [1.82, 2.24) is 0 Å². The SMILES string of the molecule is Cc1cccc(NC(=O)C2(c3cccc(Cl)c3)CCC2)c1C. The van der Waals surface area contributed by atoms with Crippen LogP contribution in [0.1, 0.15) is 36.0 Å². The molecule has 114 valence electrons. The molecule has 1 amide bonds. The van der Waals surface area contributed by atoms with Crippen LogP contribution in [0.5, 0.6) is 0 Å². The van der Waals surface area contributed by atoms with E-state index in [4.69, 9.17) is 11.6 Å². The summed E-state index contributed by atoms with van der Waals surface area (Å²) in [6, 6.07) is 13.7. The van der Waals surface area contributed by atoms with E-state index < -0.39 is 5.41 Å². The Morgan fingerprint density at radius 1 is 1.14 bits per heavy atom. The summed E-state index contributed by atoms with van der Waals surface area (Å²) in [7, 11) is 0. The second kappa shape index (κ2) is 5.77. The largest absolute Gasteiger partial charge is 0.325 e. The second-order valence-electron chi connectivity index (χ2n) is 6.15. The first-order valence-electron chi connectivity index (χ1n) is 7.67. The van der Waals surface area contributed by atoms with Gasteiger partial charge in [-0.15, -0.1) is 0 Å². The molecule has 1 fully saturated rings. The van der Waals surface area contributed by atoms with E-state index in [1.54, 1.807) is 0 Å². The van der Waals surface area contributed by atoms with Crippen LogP contribution in [0.4, 0.5) is 5.69 Å². The van der Waals surface area contributed by atoms with Gasteiger partial charge in [0.05, 0.1) is 5.41 Å². The highest BCUT2D eigenvalue weighted by atomic mass is 35.5. The standard InChI is InChI=1S/C19H20ClNO/c1-13-6-3-9-17(14(13)2)21-18(22)19(10-5-11-19)15-7-4-8-16(20)12-15/h3-4,6-9,12H,5,10-11H2,1-2H3,(H,21,22). The van der Waals surface area contributed by atoms with Crippen LogP contribution in [0.25, 0.3) is 0 Å². The molecule has 2 aromatic rings. The Labute approximate surface area is 136 Å². The Balaban J connectivity index is 1.91. The number of benzene rings is 2. The minimum absolute atomic E-state index is 0.0784. The van der Waals surface area contributed by atoms with Crippen molar-refractivity contribution in [2.45, 2.75) is 38.5 Å². The van der Waals surface area contributed by atoms with E-state index in [1.165, 1.54) is 5.56 Å². The van der Waals surface area contributed by atoms with Gasteiger partial charge in [-0.25, -0.2) is 0 Å². The van der Waals surface area contributed by atoms with Crippen molar-refractivity contribution in [2.75, 3.05) is 5.32 Å². The van der Waals surface area contributed by atoms with Crippen molar-refractivity contribution in [1.29, 1.82) is 0 Å². The maximum atomic E-state index is 12.9. The van der Waals surface area contributed by atoms with Crippen LogP contribution >= 0.6 is 11.6 Å². The first-order chi connectivity index (χ1) is 10.5. The van der Waals surface area contributed by atoms with Crippen LogP contribution in [0, 0.1) is 13.8 Å². The number of halogens is 1. The monoisotopic (exact) mass is 313 g/mol. The van der Waals surface area contributed by atoms with Gasteiger partial charge in [-0.05, 0) is 61.6 Å². The number of rotatable bonds is 3. The molecule has 1 aliphatic carbocycles. The number of carbonyl (C=O) groups excluding carboxylic acids is 1. The normalized spacial score (nSPS) is 16.0. The molecule has 0 spiro atoms. The summed E-state index contributed by atoms with van der Waals surface area (Å²) in [6.45, 7) is 4.10. The summed E-state index contributed by atoms with van der Waals surface area (Å²) >= 11 is 6.11. The lowest BCUT2D eigenvalue weighted by molar-refractivity contribution is -0.124. The van der Waals surface area contributed by atoms with Gasteiger partial charge in [0.2, 0.25) is 5.91 Å². The third kappa shape index (κ3) is 2.52. The van der Waals surface area contributed by atoms with Gasteiger partial charge in [0.15, 0.2) is 0 Å². The van der Waals surface area contributed by atoms with E-state index in [0.29, 0.717) is 5.02 Å². The summed E-state index contributed by atoms with van der Waals surface area (Å²) in [5.74, 6) is 0.0784. The molecule has 2 aromatic carbocycles. The zero-order chi connectivity index (χ0) is 15.7. The van der Waals surface area contributed by atoms with Crippen molar-refractivity contribution >= 4 is 23.2 Å². The molecule has 0 bridgehead atoms. The predicted octanol–water partition coefficient (Wildman–Crippen LogP) is 5.02. The second-order valence-corrected chi connectivity index (χ2v) is 6.58. The third-order valence-corrected chi connectivity index (χ3v) is 5.11. The Hall–Kier alpha value is -1.80. The number of hydrogen-bond donors (Lipinski definition) is 1. The Morgan fingerprint density at radius 2 is 1.86 bits per heavy atom. The molecule has 0 radical (unpaired) electrons. The lowest BCUT2D eigenvalue weighted by atomic mass is 9.63. The van der Waals surface area contributed by atoms with Crippen molar-refractivity contribution < 1.29 is 4.79 Å². The van der Waals surface area contributed by atoms with Crippen molar-refractivity contribution in [3.63, 3.8) is 0 Å². The van der Waals surface area contributed by atoms with Gasteiger partial charge in [-0.2, -0.15) is 0 Å². The molecule has 0 aromatic heterocycles. The molecule has 0 aliphatic heterocycles. The van der Waals surface area contributed by atoms with E-state index in [-0.39, 0.29) is 5.91 Å². The van der Waals surface area contributed by atoms with Gasteiger partial charge in [-0.3, -0.25) is 4.79 Å². The average Bonchev–Trinajstić information content (AvgIpc) is 2.43. The molecule has 1 saturated carbocycles. The molecule has 3 rings (SSSR count). The molecule has 0 saturated heterocycles. The van der Waals surface area contributed by atoms with Crippen LogP contribution in [0.15, 0.2) is 42.5 Å². The zero-order valence-electron chi connectivity index (χ0n) is 12.9. The minimum Gasteiger partial charge on any atom is -0.325 e. The minimum atomic E-state index is -0.429. The molecule has 1 aliphatic rings. The molecular formula is C19H20ClNO. The summed E-state index contributed by atoms with van der Waals surface area (Å²) < 4.78 is 0. The quantitative estimate of drug-likeness (QED) is 0.847. The number of carbonyl (C=O) groups is 1. The van der Waals surface area contributed by atoms with Gasteiger partial charge >= 0.3 is 0 Å². The maximum absolute atomic E-state index is 12.9. The number of hydrogen-bond acceptors (Lipinski definition) is 1. The maximum Gasteiger partial charge on any atom is 0.235 e. The molecule has 2 nitrogen and oxygen atoms in total. The van der Waals surface area contributed by atoms with Gasteiger partial charge in [0.25, 0.3) is 0 Å². The van der Waals surface area contributed by atoms with E-state index in [0.717, 1.165) is 36.1 Å². The summed E-state index contributed by atoms with van der Waals surface area (Å²) in [5.41, 5.74) is 3.80. The molecular weight excluding hydrogens is 294 g/mol. The van der Waals surface area contributed by atoms with Crippen LogP contribution in [-0.2, 0) is 10.2 Å². The highest BCUT2D eigenvalue weighted by Crippen LogP contribution is 2.45. The smallest absolute Gasteiger partial charge is 0.235 e. The van der Waals surface area contributed by atoms with E-state index in [9.17, 15) is 4.79 Å². The summed E-state index contributed by atoms with van der Waals surface area (Å²) in [4.78, 5) is 12.9. The van der Waals surface area contributed by atoms with Crippen molar-refractivity contribution in [3.8, 4) is 0 Å². The van der Waals surface area contributed by atoms with Crippen molar-refractivity contribution in [2.24, 2.45) is 0 Å². The van der Waals surface area contributed by atoms with Crippen LogP contribution in [0.3, 0.4) is 0 Å². The Morgan fingerprint density at radius 3 is 2.50 bits per heavy atom. The lowest BCUT2D eigenvalue weighted by Gasteiger charge is -2.41. The predicted molar refractivity (Wildman–Crippen MR) is 91.5 cm³/mol. The fraction of sp³-hybridized carbons (Fsp3) is 0.316. The Bertz CT molecular complexity index is 719. The first-order valence-corrected chi connectivity index (χ1v) is 8.04. The molecule has 22 heavy (non-hydrogen) atoms. The lowest BCUT2D eigenvalue weighted by Crippen LogP contribution is -2.46. The van der Waals surface area contributed by atoms with Crippen molar-refractivity contribution in [3.05, 3.63) is 64.2 Å². The molecule has 1 N–H and O–H groups in total. The average molecular weight is 314 g/mol. The van der Waals surface area contributed by atoms with E-state index >= 15 is 0 Å². The molecule has 3 heteroatoms. The zero-order valence-corrected chi connectivity index (χ0v) is 13.7. The van der Waals surface area contributed by atoms with Gasteiger partial charge in [0, 0.05) is 10.7 Å². The van der Waals surface area contributed by atoms with Crippen LogP contribution < -0.4 is 5.32 Å². The highest BCUT2D eigenvalue weighted by Gasteiger charge is 2.45. The van der Waals surface area contributed by atoms with E-state index in [2.05, 4.69) is 18.3 Å². The Kier molecular flexibility index (Phi) is 3.96. The molecule has 0 unspecified atom stereocenters. The van der Waals surface area contributed by atoms with Crippen LogP contribution in [0.2, 0.25) is 5.02 Å².